The maximum absolute atomic E-state index is 11.7. The van der Waals surface area contributed by atoms with E-state index in [4.69, 9.17) is 5.11 Å². The van der Waals surface area contributed by atoms with E-state index in [1.807, 2.05) is 0 Å². The van der Waals surface area contributed by atoms with Gasteiger partial charge >= 0.3 is 5.97 Å². The van der Waals surface area contributed by atoms with Gasteiger partial charge in [0.05, 0.1) is 4.75 Å². The molecule has 1 amide bonds. The van der Waals surface area contributed by atoms with Crippen LogP contribution in [-0.4, -0.2) is 42.4 Å². The van der Waals surface area contributed by atoms with Gasteiger partial charge in [-0.15, -0.1) is 0 Å². The zero-order valence-electron chi connectivity index (χ0n) is 11.2. The molecular formula is C11H21NO5S. The van der Waals surface area contributed by atoms with Crippen LogP contribution in [0.2, 0.25) is 0 Å². The molecule has 0 aliphatic carbocycles. The minimum Gasteiger partial charge on any atom is -0.481 e. The van der Waals surface area contributed by atoms with Crippen LogP contribution in [0.25, 0.3) is 0 Å². The number of hydrogen-bond acceptors (Lipinski definition) is 4. The van der Waals surface area contributed by atoms with Gasteiger partial charge in [-0.1, -0.05) is 6.92 Å². The summed E-state index contributed by atoms with van der Waals surface area (Å²) < 4.78 is 22.5. The lowest BCUT2D eigenvalue weighted by Crippen LogP contribution is -2.39. The summed E-state index contributed by atoms with van der Waals surface area (Å²) in [5, 5.41) is 11.0. The lowest BCUT2D eigenvalue weighted by atomic mass is 10.1. The number of amides is 1. The van der Waals surface area contributed by atoms with Crippen molar-refractivity contribution < 1.29 is 23.1 Å². The molecule has 7 heteroatoms. The topological polar surface area (TPSA) is 101 Å². The van der Waals surface area contributed by atoms with E-state index in [1.54, 1.807) is 6.92 Å². The molecule has 0 aromatic heterocycles. The first-order valence-electron chi connectivity index (χ1n) is 5.66. The Morgan fingerprint density at radius 1 is 1.28 bits per heavy atom. The lowest BCUT2D eigenvalue weighted by Gasteiger charge is -2.19. The molecule has 0 spiro atoms. The number of rotatable bonds is 6. The van der Waals surface area contributed by atoms with E-state index in [1.165, 1.54) is 20.8 Å². The smallest absolute Gasteiger partial charge is 0.303 e. The fraction of sp³-hybridized carbons (Fsp3) is 0.818. The third-order valence-corrected chi connectivity index (χ3v) is 4.93. The highest BCUT2D eigenvalue weighted by Gasteiger charge is 2.31. The van der Waals surface area contributed by atoms with Gasteiger partial charge in [-0.3, -0.25) is 9.59 Å². The summed E-state index contributed by atoms with van der Waals surface area (Å²) in [7, 11) is -3.50. The summed E-state index contributed by atoms with van der Waals surface area (Å²) in [4.78, 5) is 21.9. The first-order chi connectivity index (χ1) is 7.95. The number of nitrogens with one attached hydrogen (secondary N) is 1. The summed E-state index contributed by atoms with van der Waals surface area (Å²) >= 11 is 0. The van der Waals surface area contributed by atoms with Crippen LogP contribution < -0.4 is 5.32 Å². The molecule has 0 aliphatic heterocycles. The lowest BCUT2D eigenvalue weighted by molar-refractivity contribution is -0.138. The first kappa shape index (κ1) is 16.9. The molecule has 106 valence electrons. The maximum atomic E-state index is 11.7. The van der Waals surface area contributed by atoms with Gasteiger partial charge in [-0.25, -0.2) is 8.42 Å². The van der Waals surface area contributed by atoms with Crippen LogP contribution in [0, 0.1) is 5.92 Å². The largest absolute Gasteiger partial charge is 0.481 e. The van der Waals surface area contributed by atoms with Crippen LogP contribution >= 0.6 is 0 Å². The molecular weight excluding hydrogens is 258 g/mol. The van der Waals surface area contributed by atoms with Crippen molar-refractivity contribution in [2.45, 2.75) is 38.9 Å². The van der Waals surface area contributed by atoms with Crippen molar-refractivity contribution in [1.82, 2.24) is 5.32 Å². The Bertz CT molecular complexity index is 408. The Balaban J connectivity index is 4.26. The molecule has 0 bridgehead atoms. The molecule has 0 saturated carbocycles. The minimum atomic E-state index is -3.50. The van der Waals surface area contributed by atoms with Gasteiger partial charge in [0.1, 0.15) is 5.75 Å². The molecule has 0 saturated heterocycles. The third-order valence-electron chi connectivity index (χ3n) is 2.42. The van der Waals surface area contributed by atoms with Crippen molar-refractivity contribution in [1.29, 1.82) is 0 Å². The molecule has 1 unspecified atom stereocenters. The zero-order chi connectivity index (χ0) is 14.6. The second-order valence-corrected chi connectivity index (χ2v) is 8.12. The molecule has 6 nitrogen and oxygen atoms in total. The summed E-state index contributed by atoms with van der Waals surface area (Å²) in [6.45, 7) is 6.42. The van der Waals surface area contributed by atoms with E-state index >= 15 is 0 Å². The third kappa shape index (κ3) is 6.00. The quantitative estimate of drug-likeness (QED) is 0.734. The monoisotopic (exact) mass is 279 g/mol. The van der Waals surface area contributed by atoms with E-state index < -0.39 is 32.2 Å². The molecule has 0 aromatic carbocycles. The summed E-state index contributed by atoms with van der Waals surface area (Å²) in [5.41, 5.74) is 0. The summed E-state index contributed by atoms with van der Waals surface area (Å²) in [6.07, 6.45) is -0.0632. The summed E-state index contributed by atoms with van der Waals surface area (Å²) in [6, 6.07) is 0. The van der Waals surface area contributed by atoms with E-state index in [9.17, 15) is 18.0 Å². The van der Waals surface area contributed by atoms with E-state index in [0.29, 0.717) is 0 Å². The van der Waals surface area contributed by atoms with Crippen LogP contribution in [0.15, 0.2) is 0 Å². The Kier molecular flexibility index (Phi) is 5.79. The standard InChI is InChI=1S/C11H21NO5S/c1-8(5-10(14)15)6-12-9(13)7-18(16,17)11(2,3)4/h8H,5-7H2,1-4H3,(H,12,13)(H,14,15). The van der Waals surface area contributed by atoms with E-state index in [0.717, 1.165) is 0 Å². The van der Waals surface area contributed by atoms with Crippen LogP contribution in [0.1, 0.15) is 34.1 Å². The molecule has 0 aliphatic rings. The van der Waals surface area contributed by atoms with Gasteiger partial charge in [-0.05, 0) is 26.7 Å². The van der Waals surface area contributed by atoms with Gasteiger partial charge in [0.2, 0.25) is 5.91 Å². The van der Waals surface area contributed by atoms with Gasteiger partial charge in [0.15, 0.2) is 9.84 Å². The second-order valence-electron chi connectivity index (χ2n) is 5.38. The van der Waals surface area contributed by atoms with Crippen molar-refractivity contribution in [3.8, 4) is 0 Å². The number of carboxylic acids is 1. The highest BCUT2D eigenvalue weighted by atomic mass is 32.2. The summed E-state index contributed by atoms with van der Waals surface area (Å²) in [5.74, 6) is -2.35. The normalized spacial score (nSPS) is 14.0. The average molecular weight is 279 g/mol. The molecule has 18 heavy (non-hydrogen) atoms. The van der Waals surface area contributed by atoms with Crippen molar-refractivity contribution in [3.05, 3.63) is 0 Å². The number of sulfone groups is 1. The molecule has 0 radical (unpaired) electrons. The SMILES string of the molecule is CC(CNC(=O)CS(=O)(=O)C(C)(C)C)CC(=O)O. The number of carbonyl (C=O) groups is 2. The number of hydrogen-bond donors (Lipinski definition) is 2. The minimum absolute atomic E-state index is 0.0632. The van der Waals surface area contributed by atoms with Crippen molar-refractivity contribution in [2.24, 2.45) is 5.92 Å². The van der Waals surface area contributed by atoms with Crippen LogP contribution in [-0.2, 0) is 19.4 Å². The van der Waals surface area contributed by atoms with Gasteiger partial charge in [0, 0.05) is 13.0 Å². The van der Waals surface area contributed by atoms with Crippen molar-refractivity contribution >= 4 is 21.7 Å². The predicted molar refractivity (Wildman–Crippen MR) is 68.0 cm³/mol. The van der Waals surface area contributed by atoms with Crippen molar-refractivity contribution in [2.75, 3.05) is 12.3 Å². The van der Waals surface area contributed by atoms with E-state index in [-0.39, 0.29) is 18.9 Å². The Labute approximate surface area is 108 Å². The van der Waals surface area contributed by atoms with Crippen molar-refractivity contribution in [3.63, 3.8) is 0 Å². The molecule has 2 N–H and O–H groups in total. The molecule has 0 rings (SSSR count). The molecule has 0 fully saturated rings. The fourth-order valence-corrected chi connectivity index (χ4v) is 1.98. The maximum Gasteiger partial charge on any atom is 0.303 e. The van der Waals surface area contributed by atoms with E-state index in [2.05, 4.69) is 5.32 Å². The highest BCUT2D eigenvalue weighted by molar-refractivity contribution is 7.93. The molecule has 0 heterocycles. The number of aliphatic carboxylic acids is 1. The second kappa shape index (κ2) is 6.17. The fourth-order valence-electron chi connectivity index (χ4n) is 1.10. The van der Waals surface area contributed by atoms with Gasteiger partial charge in [0.25, 0.3) is 0 Å². The van der Waals surface area contributed by atoms with Crippen LogP contribution in [0.4, 0.5) is 0 Å². The Morgan fingerprint density at radius 2 is 1.78 bits per heavy atom. The predicted octanol–water partition coefficient (Wildman–Crippen LogP) is 0.427. The first-order valence-corrected chi connectivity index (χ1v) is 7.31. The molecule has 0 aromatic rings. The van der Waals surface area contributed by atoms with Crippen LogP contribution in [0.3, 0.4) is 0 Å². The number of carboxylic acid groups (broad SMARTS) is 1. The number of carbonyl (C=O) groups excluding carboxylic acids is 1. The van der Waals surface area contributed by atoms with Gasteiger partial charge in [-0.2, -0.15) is 0 Å². The Hall–Kier alpha value is -1.11. The Morgan fingerprint density at radius 3 is 2.17 bits per heavy atom. The van der Waals surface area contributed by atoms with Crippen LogP contribution in [0.5, 0.6) is 0 Å². The molecule has 1 atom stereocenters. The zero-order valence-corrected chi connectivity index (χ0v) is 12.0. The van der Waals surface area contributed by atoms with Gasteiger partial charge < -0.3 is 10.4 Å². The highest BCUT2D eigenvalue weighted by Crippen LogP contribution is 2.15. The average Bonchev–Trinajstić information content (AvgIpc) is 2.11.